The van der Waals surface area contributed by atoms with E-state index in [2.05, 4.69) is 15.3 Å². The average Bonchev–Trinajstić information content (AvgIpc) is 2.87. The van der Waals surface area contributed by atoms with Gasteiger partial charge in [-0.1, -0.05) is 13.0 Å². The number of rotatable bonds is 5. The number of nitrogens with zero attached hydrogens (tertiary/aromatic N) is 2. The van der Waals surface area contributed by atoms with Gasteiger partial charge in [0.25, 0.3) is 0 Å². The van der Waals surface area contributed by atoms with Crippen molar-refractivity contribution in [1.82, 2.24) is 15.3 Å². The van der Waals surface area contributed by atoms with Crippen LogP contribution in [-0.2, 0) is 11.3 Å². The van der Waals surface area contributed by atoms with Crippen LogP contribution in [0.5, 0.6) is 0 Å². The largest absolute Gasteiger partial charge is 0.350 e. The first-order valence-corrected chi connectivity index (χ1v) is 6.80. The molecule has 0 bridgehead atoms. The lowest BCUT2D eigenvalue weighted by Crippen LogP contribution is -2.21. The lowest BCUT2D eigenvalue weighted by atomic mass is 10.3. The molecule has 0 aliphatic carbocycles. The maximum absolute atomic E-state index is 11.3. The first-order valence-electron chi connectivity index (χ1n) is 5.92. The van der Waals surface area contributed by atoms with Crippen LogP contribution in [0.1, 0.15) is 24.8 Å². The predicted octanol–water partition coefficient (Wildman–Crippen LogP) is 2.62. The van der Waals surface area contributed by atoms with Gasteiger partial charge in [-0.2, -0.15) is 0 Å². The predicted molar refractivity (Wildman–Crippen MR) is 72.1 cm³/mol. The zero-order valence-electron chi connectivity index (χ0n) is 10.2. The Labute approximate surface area is 110 Å². The van der Waals surface area contributed by atoms with E-state index in [0.717, 1.165) is 22.8 Å². The Hall–Kier alpha value is -1.75. The Balaban J connectivity index is 1.97. The lowest BCUT2D eigenvalue weighted by molar-refractivity contribution is -0.121. The molecule has 0 aliphatic rings. The molecule has 2 aromatic rings. The number of thiazole rings is 1. The summed E-state index contributed by atoms with van der Waals surface area (Å²) < 4.78 is 0. The van der Waals surface area contributed by atoms with Gasteiger partial charge in [-0.15, -0.1) is 11.3 Å². The van der Waals surface area contributed by atoms with E-state index >= 15 is 0 Å². The molecule has 4 nitrogen and oxygen atoms in total. The van der Waals surface area contributed by atoms with Gasteiger partial charge in [0.05, 0.1) is 17.9 Å². The van der Waals surface area contributed by atoms with Crippen LogP contribution in [-0.4, -0.2) is 15.9 Å². The zero-order chi connectivity index (χ0) is 12.8. The summed E-state index contributed by atoms with van der Waals surface area (Å²) in [5.74, 6) is 0.0760. The molecule has 2 aromatic heterocycles. The minimum Gasteiger partial charge on any atom is -0.350 e. The first kappa shape index (κ1) is 12.7. The molecule has 0 saturated carbocycles. The molecule has 1 N–H and O–H groups in total. The highest BCUT2D eigenvalue weighted by atomic mass is 32.1. The number of amides is 1. The number of nitrogens with one attached hydrogen (secondary N) is 1. The Morgan fingerprint density at radius 3 is 3.00 bits per heavy atom. The second-order valence-corrected chi connectivity index (χ2v) is 4.81. The summed E-state index contributed by atoms with van der Waals surface area (Å²) in [6.45, 7) is 2.48. The first-order chi connectivity index (χ1) is 8.79. The number of carbonyl (C=O) groups is 1. The molecule has 0 fully saturated rings. The smallest absolute Gasteiger partial charge is 0.220 e. The maximum atomic E-state index is 11.3. The van der Waals surface area contributed by atoms with Crippen molar-refractivity contribution in [3.05, 3.63) is 34.8 Å². The third-order valence-electron chi connectivity index (χ3n) is 2.39. The standard InChI is InChI=1S/C13H15N3OS/c1-2-5-12(17)15-8-13-16-11(9-18-13)10-6-3-4-7-14-10/h3-4,6-7,9H,2,5,8H2,1H3,(H,15,17). The van der Waals surface area contributed by atoms with E-state index in [-0.39, 0.29) is 5.91 Å². The molecule has 94 valence electrons. The summed E-state index contributed by atoms with van der Waals surface area (Å²) in [4.78, 5) is 20.0. The van der Waals surface area contributed by atoms with E-state index in [4.69, 9.17) is 0 Å². The van der Waals surface area contributed by atoms with E-state index in [1.54, 1.807) is 6.20 Å². The minimum absolute atomic E-state index is 0.0760. The van der Waals surface area contributed by atoms with Crippen molar-refractivity contribution >= 4 is 17.2 Å². The summed E-state index contributed by atoms with van der Waals surface area (Å²) >= 11 is 1.54. The van der Waals surface area contributed by atoms with Crippen LogP contribution in [0, 0.1) is 0 Å². The van der Waals surface area contributed by atoms with Crippen LogP contribution >= 0.6 is 11.3 Å². The SMILES string of the molecule is CCCC(=O)NCc1nc(-c2ccccn2)cs1. The molecule has 0 atom stereocenters. The Bertz CT molecular complexity index is 510. The topological polar surface area (TPSA) is 54.9 Å². The van der Waals surface area contributed by atoms with Gasteiger partial charge in [0.2, 0.25) is 5.91 Å². The van der Waals surface area contributed by atoms with E-state index in [0.29, 0.717) is 13.0 Å². The molecule has 18 heavy (non-hydrogen) atoms. The Kier molecular flexibility index (Phi) is 4.41. The molecule has 2 heterocycles. The van der Waals surface area contributed by atoms with Gasteiger partial charge in [0.1, 0.15) is 5.01 Å². The zero-order valence-corrected chi connectivity index (χ0v) is 11.0. The fraction of sp³-hybridized carbons (Fsp3) is 0.308. The molecular weight excluding hydrogens is 246 g/mol. The summed E-state index contributed by atoms with van der Waals surface area (Å²) in [7, 11) is 0. The highest BCUT2D eigenvalue weighted by Gasteiger charge is 2.06. The monoisotopic (exact) mass is 261 g/mol. The summed E-state index contributed by atoms with van der Waals surface area (Å²) in [6.07, 6.45) is 3.18. The van der Waals surface area contributed by atoms with Crippen molar-refractivity contribution in [2.24, 2.45) is 0 Å². The van der Waals surface area contributed by atoms with Crippen molar-refractivity contribution in [1.29, 1.82) is 0 Å². The quantitative estimate of drug-likeness (QED) is 0.900. The molecule has 0 aliphatic heterocycles. The molecule has 1 amide bonds. The fourth-order valence-corrected chi connectivity index (χ4v) is 2.24. The average molecular weight is 261 g/mol. The number of aromatic nitrogens is 2. The van der Waals surface area contributed by atoms with Crippen LogP contribution in [0.2, 0.25) is 0 Å². The molecule has 2 rings (SSSR count). The second kappa shape index (κ2) is 6.26. The van der Waals surface area contributed by atoms with Crippen molar-refractivity contribution in [3.63, 3.8) is 0 Å². The molecular formula is C13H15N3OS. The Morgan fingerprint density at radius 2 is 2.28 bits per heavy atom. The van der Waals surface area contributed by atoms with Crippen molar-refractivity contribution in [2.45, 2.75) is 26.3 Å². The van der Waals surface area contributed by atoms with Gasteiger partial charge in [0, 0.05) is 18.0 Å². The molecule has 0 radical (unpaired) electrons. The van der Waals surface area contributed by atoms with Gasteiger partial charge >= 0.3 is 0 Å². The van der Waals surface area contributed by atoms with Gasteiger partial charge in [-0.05, 0) is 18.6 Å². The molecule has 5 heteroatoms. The van der Waals surface area contributed by atoms with Crippen LogP contribution in [0.3, 0.4) is 0 Å². The lowest BCUT2D eigenvalue weighted by Gasteiger charge is -2.00. The van der Waals surface area contributed by atoms with Crippen molar-refractivity contribution in [3.8, 4) is 11.4 Å². The van der Waals surface area contributed by atoms with Crippen LogP contribution < -0.4 is 5.32 Å². The van der Waals surface area contributed by atoms with Crippen molar-refractivity contribution < 1.29 is 4.79 Å². The third-order valence-corrected chi connectivity index (χ3v) is 3.24. The normalized spacial score (nSPS) is 10.3. The van der Waals surface area contributed by atoms with E-state index in [1.165, 1.54) is 11.3 Å². The second-order valence-electron chi connectivity index (χ2n) is 3.87. The summed E-state index contributed by atoms with van der Waals surface area (Å²) in [6, 6.07) is 5.74. The van der Waals surface area contributed by atoms with Gasteiger partial charge in [-0.3, -0.25) is 9.78 Å². The van der Waals surface area contributed by atoms with E-state index < -0.39 is 0 Å². The highest BCUT2D eigenvalue weighted by molar-refractivity contribution is 7.09. The number of hydrogen-bond donors (Lipinski definition) is 1. The number of carbonyl (C=O) groups excluding carboxylic acids is 1. The minimum atomic E-state index is 0.0760. The van der Waals surface area contributed by atoms with E-state index in [1.807, 2.05) is 30.5 Å². The molecule has 0 saturated heterocycles. The van der Waals surface area contributed by atoms with Gasteiger partial charge in [-0.25, -0.2) is 4.98 Å². The van der Waals surface area contributed by atoms with E-state index in [9.17, 15) is 4.79 Å². The summed E-state index contributed by atoms with van der Waals surface area (Å²) in [5, 5.41) is 5.72. The highest BCUT2D eigenvalue weighted by Crippen LogP contribution is 2.19. The van der Waals surface area contributed by atoms with Crippen LogP contribution in [0.15, 0.2) is 29.8 Å². The molecule has 0 aromatic carbocycles. The van der Waals surface area contributed by atoms with Crippen LogP contribution in [0.25, 0.3) is 11.4 Å². The summed E-state index contributed by atoms with van der Waals surface area (Å²) in [5.41, 5.74) is 1.72. The fourth-order valence-electron chi connectivity index (χ4n) is 1.51. The number of pyridine rings is 1. The maximum Gasteiger partial charge on any atom is 0.220 e. The Morgan fingerprint density at radius 1 is 1.39 bits per heavy atom. The van der Waals surface area contributed by atoms with Gasteiger partial charge in [0.15, 0.2) is 0 Å². The van der Waals surface area contributed by atoms with Crippen molar-refractivity contribution in [2.75, 3.05) is 0 Å². The number of hydrogen-bond acceptors (Lipinski definition) is 4. The molecule has 0 spiro atoms. The molecule has 0 unspecified atom stereocenters. The third kappa shape index (κ3) is 3.37. The van der Waals surface area contributed by atoms with Gasteiger partial charge < -0.3 is 5.32 Å². The van der Waals surface area contributed by atoms with Crippen LogP contribution in [0.4, 0.5) is 0 Å².